The van der Waals surface area contributed by atoms with Crippen molar-refractivity contribution in [1.29, 1.82) is 0 Å². The van der Waals surface area contributed by atoms with Crippen LogP contribution in [0.25, 0.3) is 0 Å². The van der Waals surface area contributed by atoms with Crippen LogP contribution in [-0.4, -0.2) is 12.2 Å². The van der Waals surface area contributed by atoms with E-state index in [1.165, 1.54) is 0 Å². The third kappa shape index (κ3) is 7.16. The van der Waals surface area contributed by atoms with Gasteiger partial charge in [0.25, 0.3) is 0 Å². The SMILES string of the molecule is [CH2+]C(C)OP(=S)(S)OC(C)C. The highest BCUT2D eigenvalue weighted by Gasteiger charge is 2.19. The molecule has 0 aliphatic carbocycles. The molecular formula is C6H14O2PS2+. The van der Waals surface area contributed by atoms with Gasteiger partial charge in [-0.1, -0.05) is 12.2 Å². The lowest BCUT2D eigenvalue weighted by Gasteiger charge is -2.18. The zero-order valence-electron chi connectivity index (χ0n) is 6.98. The van der Waals surface area contributed by atoms with E-state index in [4.69, 9.17) is 20.9 Å². The summed E-state index contributed by atoms with van der Waals surface area (Å²) in [6.45, 7) is 9.24. The highest BCUT2D eigenvalue weighted by Crippen LogP contribution is 2.55. The monoisotopic (exact) mass is 213 g/mol. The van der Waals surface area contributed by atoms with Gasteiger partial charge in [-0.3, -0.25) is 4.52 Å². The van der Waals surface area contributed by atoms with E-state index in [9.17, 15) is 0 Å². The number of rotatable bonds is 4. The molecule has 11 heavy (non-hydrogen) atoms. The molecule has 0 fully saturated rings. The van der Waals surface area contributed by atoms with E-state index >= 15 is 0 Å². The quantitative estimate of drug-likeness (QED) is 0.440. The zero-order valence-corrected chi connectivity index (χ0v) is 9.59. The third-order valence-electron chi connectivity index (χ3n) is 0.657. The van der Waals surface area contributed by atoms with Crippen LogP contribution in [0, 0.1) is 6.92 Å². The summed E-state index contributed by atoms with van der Waals surface area (Å²) in [5.74, 6) is 0. The van der Waals surface area contributed by atoms with Gasteiger partial charge in [0.05, 0.1) is 13.0 Å². The fourth-order valence-electron chi connectivity index (χ4n) is 0.519. The van der Waals surface area contributed by atoms with E-state index in [0.29, 0.717) is 0 Å². The van der Waals surface area contributed by atoms with Crippen LogP contribution in [0.4, 0.5) is 0 Å². The summed E-state index contributed by atoms with van der Waals surface area (Å²) >= 11 is 9.09. The van der Waals surface area contributed by atoms with Crippen LogP contribution < -0.4 is 0 Å². The molecule has 0 aromatic carbocycles. The maximum atomic E-state index is 5.28. The fourth-order valence-corrected chi connectivity index (χ4v) is 3.56. The van der Waals surface area contributed by atoms with E-state index < -0.39 is 5.69 Å². The van der Waals surface area contributed by atoms with Crippen LogP contribution >= 0.6 is 17.9 Å². The van der Waals surface area contributed by atoms with Crippen molar-refractivity contribution < 1.29 is 9.05 Å². The molecule has 0 radical (unpaired) electrons. The first-order chi connectivity index (χ1) is 4.83. The number of hydrogen-bond donors (Lipinski definition) is 1. The second kappa shape index (κ2) is 4.73. The molecule has 0 aliphatic heterocycles. The topological polar surface area (TPSA) is 18.5 Å². The Balaban J connectivity index is 3.91. The fraction of sp³-hybridized carbons (Fsp3) is 0.833. The van der Waals surface area contributed by atoms with Gasteiger partial charge in [-0.25, -0.2) is 0 Å². The molecule has 0 aromatic heterocycles. The lowest BCUT2D eigenvalue weighted by Crippen LogP contribution is -2.04. The second-order valence-electron chi connectivity index (χ2n) is 2.54. The molecule has 0 aliphatic rings. The normalized spacial score (nSPS) is 19.7. The predicted octanol–water partition coefficient (Wildman–Crippen LogP) is 2.80. The van der Waals surface area contributed by atoms with Crippen LogP contribution in [0.2, 0.25) is 0 Å². The summed E-state index contributed by atoms with van der Waals surface area (Å²) in [6, 6.07) is 0. The Bertz CT molecular complexity index is 145. The van der Waals surface area contributed by atoms with Crippen LogP contribution in [0.5, 0.6) is 0 Å². The first kappa shape index (κ1) is 11.8. The molecule has 0 aromatic rings. The van der Waals surface area contributed by atoms with Gasteiger partial charge in [0, 0.05) is 6.92 Å². The lowest BCUT2D eigenvalue weighted by atomic mass is 10.5. The van der Waals surface area contributed by atoms with Crippen LogP contribution in [0.15, 0.2) is 0 Å². The Labute approximate surface area is 79.0 Å². The molecule has 0 saturated carbocycles. The van der Waals surface area contributed by atoms with Crippen molar-refractivity contribution in [3.63, 3.8) is 0 Å². The summed E-state index contributed by atoms with van der Waals surface area (Å²) < 4.78 is 10.5. The first-order valence-corrected chi connectivity index (χ1v) is 7.15. The molecule has 0 heterocycles. The summed E-state index contributed by atoms with van der Waals surface area (Å²) in [5.41, 5.74) is -2.34. The van der Waals surface area contributed by atoms with Crippen molar-refractivity contribution in [1.82, 2.24) is 0 Å². The summed E-state index contributed by atoms with van der Waals surface area (Å²) in [5, 5.41) is 0. The van der Waals surface area contributed by atoms with Gasteiger partial charge < -0.3 is 4.52 Å². The molecule has 2 atom stereocenters. The Morgan fingerprint density at radius 2 is 1.82 bits per heavy atom. The van der Waals surface area contributed by atoms with Gasteiger partial charge in [0.1, 0.15) is 0 Å². The van der Waals surface area contributed by atoms with Crippen molar-refractivity contribution in [2.75, 3.05) is 0 Å². The smallest absolute Gasteiger partial charge is 0.248 e. The van der Waals surface area contributed by atoms with Gasteiger partial charge in [0.15, 0.2) is 6.10 Å². The Morgan fingerprint density at radius 3 is 2.09 bits per heavy atom. The Morgan fingerprint density at radius 1 is 1.36 bits per heavy atom. The molecular weight excluding hydrogens is 199 g/mol. The predicted molar refractivity (Wildman–Crippen MR) is 55.4 cm³/mol. The highest BCUT2D eigenvalue weighted by molar-refractivity contribution is 8.60. The van der Waals surface area contributed by atoms with E-state index in [1.54, 1.807) is 6.92 Å². The molecule has 5 heteroatoms. The van der Waals surface area contributed by atoms with E-state index in [-0.39, 0.29) is 12.2 Å². The molecule has 0 spiro atoms. The minimum absolute atomic E-state index is 0.0529. The Kier molecular flexibility index (Phi) is 5.07. The molecule has 0 rings (SSSR count). The maximum absolute atomic E-state index is 5.28. The zero-order chi connectivity index (χ0) is 9.07. The van der Waals surface area contributed by atoms with Crippen molar-refractivity contribution in [3.8, 4) is 0 Å². The van der Waals surface area contributed by atoms with Crippen LogP contribution in [0.1, 0.15) is 20.8 Å². The summed E-state index contributed by atoms with van der Waals surface area (Å²) in [4.78, 5) is 0. The average Bonchev–Trinajstić information content (AvgIpc) is 1.53. The standard InChI is InChI=1S/C6H13O2PS2/c1-5(2)7-9(10,11)8-6(3)4/h5-6H,1H2,2-4H3/p+1. The van der Waals surface area contributed by atoms with Crippen molar-refractivity contribution in [2.24, 2.45) is 0 Å². The second-order valence-corrected chi connectivity index (χ2v) is 7.73. The first-order valence-electron chi connectivity index (χ1n) is 3.36. The minimum atomic E-state index is -2.34. The molecule has 0 bridgehead atoms. The minimum Gasteiger partial charge on any atom is -0.319 e. The van der Waals surface area contributed by atoms with Crippen molar-refractivity contribution in [2.45, 2.75) is 33.0 Å². The van der Waals surface area contributed by atoms with Crippen molar-refractivity contribution >= 4 is 29.7 Å². The molecule has 2 unspecified atom stereocenters. The largest absolute Gasteiger partial charge is 0.319 e. The number of hydrogen-bond acceptors (Lipinski definition) is 3. The van der Waals surface area contributed by atoms with Gasteiger partial charge in [-0.2, -0.15) is 0 Å². The van der Waals surface area contributed by atoms with E-state index in [1.807, 2.05) is 13.8 Å². The summed E-state index contributed by atoms with van der Waals surface area (Å²) in [7, 11) is 0. The van der Waals surface area contributed by atoms with Crippen molar-refractivity contribution in [3.05, 3.63) is 6.92 Å². The molecule has 0 N–H and O–H groups in total. The van der Waals surface area contributed by atoms with E-state index in [2.05, 4.69) is 19.2 Å². The van der Waals surface area contributed by atoms with Gasteiger partial charge >= 0.3 is 0 Å². The molecule has 0 amide bonds. The van der Waals surface area contributed by atoms with E-state index in [0.717, 1.165) is 0 Å². The summed E-state index contributed by atoms with van der Waals surface area (Å²) in [6.07, 6.45) is -0.117. The average molecular weight is 213 g/mol. The third-order valence-corrected chi connectivity index (χ3v) is 3.05. The van der Waals surface area contributed by atoms with Gasteiger partial charge in [-0.15, -0.1) is 0 Å². The molecule has 0 saturated heterocycles. The Hall–Kier alpha value is 0.790. The lowest BCUT2D eigenvalue weighted by molar-refractivity contribution is 0.197. The van der Waals surface area contributed by atoms with Crippen LogP contribution in [0.3, 0.4) is 0 Å². The maximum Gasteiger partial charge on any atom is 0.248 e. The van der Waals surface area contributed by atoms with Gasteiger partial charge in [-0.05, 0) is 25.7 Å². The van der Waals surface area contributed by atoms with Gasteiger partial charge in [0.2, 0.25) is 5.69 Å². The number of thiol groups is 1. The molecule has 2 nitrogen and oxygen atoms in total. The molecule has 66 valence electrons. The highest BCUT2D eigenvalue weighted by atomic mass is 32.9. The van der Waals surface area contributed by atoms with Crippen LogP contribution in [-0.2, 0) is 20.9 Å².